The van der Waals surface area contributed by atoms with Crippen molar-refractivity contribution in [2.75, 3.05) is 26.2 Å². The molecule has 1 saturated heterocycles. The molecule has 1 unspecified atom stereocenters. The summed E-state index contributed by atoms with van der Waals surface area (Å²) in [5.41, 5.74) is 0.538. The molecule has 2 N–H and O–H groups in total. The summed E-state index contributed by atoms with van der Waals surface area (Å²) in [5.74, 6) is -0.390. The second-order valence-corrected chi connectivity index (χ2v) is 7.19. The Labute approximate surface area is 152 Å². The first-order valence-corrected chi connectivity index (χ1v) is 9.40. The number of halogens is 1. The van der Waals surface area contributed by atoms with E-state index in [-0.39, 0.29) is 18.4 Å². The molecule has 2 amide bonds. The van der Waals surface area contributed by atoms with Crippen LogP contribution >= 0.6 is 15.9 Å². The predicted octanol–water partition coefficient (Wildman–Crippen LogP) is 2.56. The third-order valence-corrected chi connectivity index (χ3v) is 4.87. The molecular weight excluding hydrogens is 370 g/mol. The zero-order valence-corrected chi connectivity index (χ0v) is 15.8. The van der Waals surface area contributed by atoms with Crippen molar-refractivity contribution < 1.29 is 9.59 Å². The van der Waals surface area contributed by atoms with E-state index < -0.39 is 0 Å². The number of hydrogen-bond acceptors (Lipinski definition) is 3. The van der Waals surface area contributed by atoms with Crippen LogP contribution in [0.5, 0.6) is 0 Å². The van der Waals surface area contributed by atoms with Crippen LogP contribution < -0.4 is 10.6 Å². The molecule has 1 aliphatic heterocycles. The molecule has 0 spiro atoms. The molecular formula is C18H26BrN3O2. The average Bonchev–Trinajstić information content (AvgIpc) is 2.58. The van der Waals surface area contributed by atoms with Gasteiger partial charge in [-0.05, 0) is 50.9 Å². The lowest BCUT2D eigenvalue weighted by atomic mass is 10.0. The number of rotatable bonds is 7. The Bertz CT molecular complexity index is 565. The highest BCUT2D eigenvalue weighted by Crippen LogP contribution is 2.16. The number of piperidine rings is 1. The Balaban J connectivity index is 1.60. The van der Waals surface area contributed by atoms with Crippen LogP contribution in [-0.2, 0) is 4.79 Å². The molecule has 1 heterocycles. The second kappa shape index (κ2) is 9.79. The van der Waals surface area contributed by atoms with Crippen molar-refractivity contribution in [1.82, 2.24) is 15.5 Å². The molecule has 0 bridgehead atoms. The summed E-state index contributed by atoms with van der Waals surface area (Å²) in [5, 5.41) is 5.51. The SMILES string of the molecule is CC1CCCCN1CCCNC(=O)CNC(=O)c1cccc(Br)c1. The molecule has 0 aliphatic carbocycles. The van der Waals surface area contributed by atoms with Gasteiger partial charge in [-0.25, -0.2) is 0 Å². The number of nitrogens with one attached hydrogen (secondary N) is 2. The van der Waals surface area contributed by atoms with E-state index in [2.05, 4.69) is 38.4 Å². The highest BCUT2D eigenvalue weighted by atomic mass is 79.9. The minimum atomic E-state index is -0.242. The largest absolute Gasteiger partial charge is 0.355 e. The van der Waals surface area contributed by atoms with Crippen LogP contribution in [0.3, 0.4) is 0 Å². The van der Waals surface area contributed by atoms with E-state index in [0.717, 1.165) is 24.0 Å². The monoisotopic (exact) mass is 395 g/mol. The van der Waals surface area contributed by atoms with Gasteiger partial charge in [-0.1, -0.05) is 28.4 Å². The van der Waals surface area contributed by atoms with Crippen molar-refractivity contribution >= 4 is 27.7 Å². The van der Waals surface area contributed by atoms with Gasteiger partial charge in [0.25, 0.3) is 5.91 Å². The van der Waals surface area contributed by atoms with Gasteiger partial charge in [0, 0.05) is 29.2 Å². The van der Waals surface area contributed by atoms with E-state index in [1.165, 1.54) is 19.3 Å². The van der Waals surface area contributed by atoms with Gasteiger partial charge in [0.15, 0.2) is 0 Å². The quantitative estimate of drug-likeness (QED) is 0.697. The minimum absolute atomic E-state index is 0.00542. The standard InChI is InChI=1S/C18H26BrN3O2/c1-14-6-2-3-10-22(14)11-5-9-20-17(23)13-21-18(24)15-7-4-8-16(19)12-15/h4,7-8,12,14H,2-3,5-6,9-11,13H2,1H3,(H,20,23)(H,21,24). The van der Waals surface area contributed by atoms with Crippen molar-refractivity contribution in [1.29, 1.82) is 0 Å². The van der Waals surface area contributed by atoms with Gasteiger partial charge in [-0.15, -0.1) is 0 Å². The van der Waals surface area contributed by atoms with Gasteiger partial charge in [0.1, 0.15) is 0 Å². The van der Waals surface area contributed by atoms with Crippen LogP contribution in [0.25, 0.3) is 0 Å². The third-order valence-electron chi connectivity index (χ3n) is 4.38. The molecule has 1 aromatic carbocycles. The highest BCUT2D eigenvalue weighted by molar-refractivity contribution is 9.10. The third kappa shape index (κ3) is 6.24. The molecule has 1 atom stereocenters. The van der Waals surface area contributed by atoms with Gasteiger partial charge < -0.3 is 15.5 Å². The van der Waals surface area contributed by atoms with E-state index in [4.69, 9.17) is 0 Å². The number of benzene rings is 1. The lowest BCUT2D eigenvalue weighted by molar-refractivity contribution is -0.120. The van der Waals surface area contributed by atoms with Crippen molar-refractivity contribution in [2.24, 2.45) is 0 Å². The van der Waals surface area contributed by atoms with Crippen LogP contribution in [0.1, 0.15) is 43.0 Å². The summed E-state index contributed by atoms with van der Waals surface area (Å²) in [4.78, 5) is 26.3. The Morgan fingerprint density at radius 1 is 1.29 bits per heavy atom. The molecule has 5 nitrogen and oxygen atoms in total. The minimum Gasteiger partial charge on any atom is -0.355 e. The summed E-state index contributed by atoms with van der Waals surface area (Å²) in [6.07, 6.45) is 4.81. The molecule has 132 valence electrons. The Morgan fingerprint density at radius 2 is 2.12 bits per heavy atom. The molecule has 0 aromatic heterocycles. The zero-order valence-electron chi connectivity index (χ0n) is 14.2. The van der Waals surface area contributed by atoms with Gasteiger partial charge in [0.2, 0.25) is 5.91 Å². The first kappa shape index (κ1) is 18.9. The first-order chi connectivity index (χ1) is 11.6. The molecule has 0 radical (unpaired) electrons. The highest BCUT2D eigenvalue weighted by Gasteiger charge is 2.17. The second-order valence-electron chi connectivity index (χ2n) is 6.28. The first-order valence-electron chi connectivity index (χ1n) is 8.61. The fourth-order valence-corrected chi connectivity index (χ4v) is 3.35. The van der Waals surface area contributed by atoms with E-state index in [9.17, 15) is 9.59 Å². The maximum atomic E-state index is 12.0. The number of carbonyl (C=O) groups excluding carboxylic acids is 2. The maximum Gasteiger partial charge on any atom is 0.251 e. The Kier molecular flexibility index (Phi) is 7.72. The summed E-state index contributed by atoms with van der Waals surface area (Å²) >= 11 is 3.33. The van der Waals surface area contributed by atoms with E-state index in [1.807, 2.05) is 6.07 Å². The topological polar surface area (TPSA) is 61.4 Å². The van der Waals surface area contributed by atoms with Gasteiger partial charge >= 0.3 is 0 Å². The predicted molar refractivity (Wildman–Crippen MR) is 99.0 cm³/mol. The fourth-order valence-electron chi connectivity index (χ4n) is 2.95. The molecule has 24 heavy (non-hydrogen) atoms. The zero-order chi connectivity index (χ0) is 17.4. The summed E-state index contributed by atoms with van der Waals surface area (Å²) < 4.78 is 0.839. The smallest absolute Gasteiger partial charge is 0.251 e. The van der Waals surface area contributed by atoms with Gasteiger partial charge in [-0.2, -0.15) is 0 Å². The summed E-state index contributed by atoms with van der Waals surface area (Å²) in [7, 11) is 0. The molecule has 1 fully saturated rings. The Morgan fingerprint density at radius 3 is 2.88 bits per heavy atom. The molecule has 1 aliphatic rings. The Hall–Kier alpha value is -1.40. The average molecular weight is 396 g/mol. The van der Waals surface area contributed by atoms with Crippen molar-refractivity contribution in [3.8, 4) is 0 Å². The van der Waals surface area contributed by atoms with Crippen LogP contribution in [0.4, 0.5) is 0 Å². The van der Waals surface area contributed by atoms with Crippen molar-refractivity contribution in [3.63, 3.8) is 0 Å². The van der Waals surface area contributed by atoms with E-state index in [1.54, 1.807) is 18.2 Å². The van der Waals surface area contributed by atoms with E-state index >= 15 is 0 Å². The number of likely N-dealkylation sites (tertiary alicyclic amines) is 1. The number of hydrogen-bond donors (Lipinski definition) is 2. The van der Waals surface area contributed by atoms with Crippen LogP contribution in [0.15, 0.2) is 28.7 Å². The van der Waals surface area contributed by atoms with Gasteiger partial charge in [-0.3, -0.25) is 9.59 Å². The maximum absolute atomic E-state index is 12.0. The molecule has 6 heteroatoms. The van der Waals surface area contributed by atoms with Gasteiger partial charge in [0.05, 0.1) is 6.54 Å². The lowest BCUT2D eigenvalue weighted by Gasteiger charge is -2.33. The normalized spacial score (nSPS) is 18.2. The van der Waals surface area contributed by atoms with Crippen LogP contribution in [0, 0.1) is 0 Å². The van der Waals surface area contributed by atoms with Crippen molar-refractivity contribution in [3.05, 3.63) is 34.3 Å². The number of amides is 2. The summed E-state index contributed by atoms with van der Waals surface area (Å²) in [6.45, 7) is 5.11. The molecule has 1 aromatic rings. The number of nitrogens with zero attached hydrogens (tertiary/aromatic N) is 1. The van der Waals surface area contributed by atoms with Crippen LogP contribution in [0.2, 0.25) is 0 Å². The molecule has 0 saturated carbocycles. The fraction of sp³-hybridized carbons (Fsp3) is 0.556. The number of carbonyl (C=O) groups is 2. The lowest BCUT2D eigenvalue weighted by Crippen LogP contribution is -2.40. The summed E-state index contributed by atoms with van der Waals surface area (Å²) in [6, 6.07) is 7.75. The van der Waals surface area contributed by atoms with Crippen molar-refractivity contribution in [2.45, 2.75) is 38.6 Å². The van der Waals surface area contributed by atoms with Crippen LogP contribution in [-0.4, -0.2) is 48.9 Å². The molecule has 2 rings (SSSR count). The van der Waals surface area contributed by atoms with E-state index in [0.29, 0.717) is 18.2 Å².